The third-order valence-corrected chi connectivity index (χ3v) is 4.81. The van der Waals surface area contributed by atoms with E-state index in [4.69, 9.17) is 11.6 Å². The van der Waals surface area contributed by atoms with Crippen LogP contribution in [-0.2, 0) is 21.4 Å². The van der Waals surface area contributed by atoms with Crippen LogP contribution in [0, 0.1) is 0 Å². The van der Waals surface area contributed by atoms with E-state index in [1.165, 1.54) is 12.1 Å². The molecule has 2 rings (SSSR count). The van der Waals surface area contributed by atoms with Gasteiger partial charge in [-0.3, -0.25) is 4.79 Å². The van der Waals surface area contributed by atoms with Gasteiger partial charge in [-0.05, 0) is 29.3 Å². The summed E-state index contributed by atoms with van der Waals surface area (Å²) in [6, 6.07) is 17.0. The lowest BCUT2D eigenvalue weighted by Gasteiger charge is -2.20. The first-order valence-corrected chi connectivity index (χ1v) is 8.09. The van der Waals surface area contributed by atoms with Crippen LogP contribution in [0.1, 0.15) is 5.56 Å². The number of hydrogen-bond donors (Lipinski definition) is 0. The lowest BCUT2D eigenvalue weighted by molar-refractivity contribution is -0.111. The molecule has 0 fully saturated rings. The zero-order valence-corrected chi connectivity index (χ0v) is 12.7. The second kappa shape index (κ2) is 6.85. The quantitative estimate of drug-likeness (QED) is 0.768. The van der Waals surface area contributed by atoms with Crippen LogP contribution in [0.15, 0.2) is 65.6 Å². The van der Waals surface area contributed by atoms with E-state index in [9.17, 15) is 13.2 Å². The molecule has 2 aromatic rings. The number of carbonyl (C=O) groups excluding carboxylic acids is 1. The molecule has 0 aliphatic carbocycles. The largest absolute Gasteiger partial charge is 0.280 e. The Hall–Kier alpha value is -1.69. The second-order valence-electron chi connectivity index (χ2n) is 4.43. The predicted octanol–water partition coefficient (Wildman–Crippen LogP) is 2.64. The highest BCUT2D eigenvalue weighted by molar-refractivity contribution is 7.89. The maximum Gasteiger partial charge on any atom is 0.243 e. The lowest BCUT2D eigenvalue weighted by atomic mass is 10.2. The number of benzene rings is 2. The predicted molar refractivity (Wildman–Crippen MR) is 81.3 cm³/mol. The van der Waals surface area contributed by atoms with Crippen LogP contribution >= 0.6 is 11.6 Å². The molecule has 0 spiro atoms. The van der Waals surface area contributed by atoms with Crippen LogP contribution in [0.25, 0.3) is 0 Å². The van der Waals surface area contributed by atoms with Crippen molar-refractivity contribution < 1.29 is 13.2 Å². The van der Waals surface area contributed by atoms with E-state index in [1.54, 1.807) is 30.3 Å². The summed E-state index contributed by atoms with van der Waals surface area (Å²) in [6.07, 6.45) is 0. The van der Waals surface area contributed by atoms with Crippen molar-refractivity contribution in [2.45, 2.75) is 11.4 Å². The molecule has 0 aromatic heterocycles. The second-order valence-corrected chi connectivity index (χ2v) is 6.79. The Morgan fingerprint density at radius 2 is 1.48 bits per heavy atom. The van der Waals surface area contributed by atoms with Crippen molar-refractivity contribution in [1.29, 1.82) is 0 Å². The van der Waals surface area contributed by atoms with E-state index in [-0.39, 0.29) is 18.0 Å². The van der Waals surface area contributed by atoms with Gasteiger partial charge < -0.3 is 0 Å². The molecule has 0 aliphatic heterocycles. The number of rotatable bonds is 6. The van der Waals surface area contributed by atoms with E-state index < -0.39 is 15.3 Å². The summed E-state index contributed by atoms with van der Waals surface area (Å²) in [5.41, 5.74) is 0.787. The maximum absolute atomic E-state index is 12.6. The molecule has 0 saturated heterocycles. The van der Waals surface area contributed by atoms with Crippen LogP contribution < -0.4 is 0 Å². The topological polar surface area (TPSA) is 54.5 Å². The van der Waals surface area contributed by atoms with Crippen LogP contribution in [-0.4, -0.2) is 24.5 Å². The molecule has 0 heterocycles. The number of carbonyl (C=O) groups is 1. The molecule has 0 amide bonds. The Bertz CT molecular complexity index is 702. The number of nitrogens with zero attached hydrogens (tertiary/aromatic N) is 1. The molecule has 0 saturated carbocycles. The molecule has 2 aromatic carbocycles. The van der Waals surface area contributed by atoms with Crippen LogP contribution in [0.5, 0.6) is 0 Å². The Morgan fingerprint density at radius 1 is 0.952 bits per heavy atom. The van der Waals surface area contributed by atoms with Gasteiger partial charge in [-0.25, -0.2) is 8.42 Å². The number of sulfonamides is 1. The fourth-order valence-corrected chi connectivity index (χ4v) is 3.51. The smallest absolute Gasteiger partial charge is 0.243 e. The summed E-state index contributed by atoms with van der Waals surface area (Å²) in [5.74, 6) is 0. The van der Waals surface area contributed by atoms with Crippen molar-refractivity contribution >= 4 is 26.9 Å². The van der Waals surface area contributed by atoms with Gasteiger partial charge in [0.1, 0.15) is 0 Å². The summed E-state index contributed by atoms with van der Waals surface area (Å²) >= 11 is 5.39. The van der Waals surface area contributed by atoms with Gasteiger partial charge in [-0.1, -0.05) is 48.5 Å². The number of halogens is 1. The standard InChI is InChI=1S/C15H14ClNO3S/c16-15(18)12-17(11-13-7-3-1-4-8-13)21(19,20)14-9-5-2-6-10-14/h1-10H,11-12H2. The fourth-order valence-electron chi connectivity index (χ4n) is 1.89. The monoisotopic (exact) mass is 323 g/mol. The average Bonchev–Trinajstić information content (AvgIpc) is 2.48. The Labute approximate surface area is 129 Å². The van der Waals surface area contributed by atoms with E-state index in [1.807, 2.05) is 18.2 Å². The Morgan fingerprint density at radius 3 is 2.00 bits per heavy atom. The first-order chi connectivity index (χ1) is 10.00. The normalized spacial score (nSPS) is 11.5. The fraction of sp³-hybridized carbons (Fsp3) is 0.133. The molecule has 6 heteroatoms. The molecule has 0 radical (unpaired) electrons. The molecule has 21 heavy (non-hydrogen) atoms. The zero-order chi connectivity index (χ0) is 15.3. The SMILES string of the molecule is O=C(Cl)CN(Cc1ccccc1)S(=O)(=O)c1ccccc1. The van der Waals surface area contributed by atoms with Crippen molar-refractivity contribution in [3.8, 4) is 0 Å². The first-order valence-electron chi connectivity index (χ1n) is 6.27. The number of hydrogen-bond acceptors (Lipinski definition) is 3. The zero-order valence-electron chi connectivity index (χ0n) is 11.1. The van der Waals surface area contributed by atoms with Gasteiger partial charge in [0, 0.05) is 6.54 Å². The molecular formula is C15H14ClNO3S. The lowest BCUT2D eigenvalue weighted by Crippen LogP contribution is -2.34. The third-order valence-electron chi connectivity index (χ3n) is 2.88. The minimum atomic E-state index is -3.77. The highest BCUT2D eigenvalue weighted by Crippen LogP contribution is 2.18. The van der Waals surface area contributed by atoms with Gasteiger partial charge in [0.2, 0.25) is 15.3 Å². The summed E-state index contributed by atoms with van der Waals surface area (Å²) in [6.45, 7) is -0.274. The van der Waals surface area contributed by atoms with Gasteiger partial charge >= 0.3 is 0 Å². The molecular weight excluding hydrogens is 310 g/mol. The van der Waals surface area contributed by atoms with E-state index in [0.29, 0.717) is 0 Å². The molecule has 0 unspecified atom stereocenters. The Kier molecular flexibility index (Phi) is 5.12. The van der Waals surface area contributed by atoms with Crippen molar-refractivity contribution in [3.63, 3.8) is 0 Å². The van der Waals surface area contributed by atoms with Crippen LogP contribution in [0.2, 0.25) is 0 Å². The molecule has 0 atom stereocenters. The Balaban J connectivity index is 2.34. The highest BCUT2D eigenvalue weighted by atomic mass is 35.5. The molecule has 0 aliphatic rings. The highest BCUT2D eigenvalue weighted by Gasteiger charge is 2.26. The van der Waals surface area contributed by atoms with E-state index in [2.05, 4.69) is 0 Å². The minimum Gasteiger partial charge on any atom is -0.280 e. The van der Waals surface area contributed by atoms with Crippen LogP contribution in [0.3, 0.4) is 0 Å². The average molecular weight is 324 g/mol. The van der Waals surface area contributed by atoms with Gasteiger partial charge in [0.25, 0.3) is 0 Å². The third kappa shape index (κ3) is 4.14. The summed E-state index contributed by atoms with van der Waals surface area (Å²) in [5, 5.41) is -0.717. The first kappa shape index (κ1) is 15.7. The van der Waals surface area contributed by atoms with Crippen molar-refractivity contribution in [2.24, 2.45) is 0 Å². The summed E-state index contributed by atoms with van der Waals surface area (Å²) in [4.78, 5) is 11.3. The van der Waals surface area contributed by atoms with E-state index >= 15 is 0 Å². The van der Waals surface area contributed by atoms with Gasteiger partial charge in [-0.15, -0.1) is 0 Å². The minimum absolute atomic E-state index is 0.0938. The molecule has 0 N–H and O–H groups in total. The molecule has 110 valence electrons. The maximum atomic E-state index is 12.6. The van der Waals surface area contributed by atoms with Crippen LogP contribution in [0.4, 0.5) is 0 Å². The van der Waals surface area contributed by atoms with Gasteiger partial charge in [0.05, 0.1) is 11.4 Å². The van der Waals surface area contributed by atoms with E-state index in [0.717, 1.165) is 9.87 Å². The van der Waals surface area contributed by atoms with Gasteiger partial charge in [0.15, 0.2) is 0 Å². The summed E-state index contributed by atoms with van der Waals surface area (Å²) < 4.78 is 26.3. The van der Waals surface area contributed by atoms with Crippen molar-refractivity contribution in [1.82, 2.24) is 4.31 Å². The van der Waals surface area contributed by atoms with Gasteiger partial charge in [-0.2, -0.15) is 4.31 Å². The summed E-state index contributed by atoms with van der Waals surface area (Å²) in [7, 11) is -3.77. The van der Waals surface area contributed by atoms with Crippen molar-refractivity contribution in [3.05, 3.63) is 66.2 Å². The molecule has 0 bridgehead atoms. The van der Waals surface area contributed by atoms with Crippen molar-refractivity contribution in [2.75, 3.05) is 6.54 Å². The molecule has 4 nitrogen and oxygen atoms in total.